The molecule has 2 rings (SSSR count). The number of hydrogen-bond acceptors (Lipinski definition) is 5. The summed E-state index contributed by atoms with van der Waals surface area (Å²) >= 11 is 0. The number of amides is 1. The van der Waals surface area contributed by atoms with Crippen molar-refractivity contribution in [2.45, 2.75) is 25.2 Å². The third-order valence-electron chi connectivity index (χ3n) is 4.07. The van der Waals surface area contributed by atoms with Gasteiger partial charge >= 0.3 is 0 Å². The van der Waals surface area contributed by atoms with E-state index in [1.54, 1.807) is 31.2 Å². The molecular formula is C20H26N2O5S. The molecule has 1 amide bonds. The molecule has 2 aromatic carbocycles. The van der Waals surface area contributed by atoms with E-state index >= 15 is 0 Å². The highest BCUT2D eigenvalue weighted by Gasteiger charge is 2.17. The Morgan fingerprint density at radius 2 is 1.82 bits per heavy atom. The molecule has 0 aromatic heterocycles. The van der Waals surface area contributed by atoms with Gasteiger partial charge in [-0.1, -0.05) is 6.07 Å². The molecule has 0 unspecified atom stereocenters. The Hall–Kier alpha value is -2.58. The van der Waals surface area contributed by atoms with Crippen molar-refractivity contribution in [3.8, 4) is 5.75 Å². The summed E-state index contributed by atoms with van der Waals surface area (Å²) in [5.41, 5.74) is 1.46. The number of nitrogens with one attached hydrogen (secondary N) is 2. The van der Waals surface area contributed by atoms with E-state index in [0.717, 1.165) is 0 Å². The Kier molecular flexibility index (Phi) is 7.83. The van der Waals surface area contributed by atoms with Gasteiger partial charge in [-0.05, 0) is 62.2 Å². The topological polar surface area (TPSA) is 93.7 Å². The molecule has 7 nitrogen and oxygen atoms in total. The molecular weight excluding hydrogens is 380 g/mol. The van der Waals surface area contributed by atoms with Gasteiger partial charge in [0.2, 0.25) is 0 Å². The van der Waals surface area contributed by atoms with Gasteiger partial charge < -0.3 is 14.8 Å². The average molecular weight is 407 g/mol. The summed E-state index contributed by atoms with van der Waals surface area (Å²) < 4.78 is 38.1. The molecule has 28 heavy (non-hydrogen) atoms. The van der Waals surface area contributed by atoms with Crippen molar-refractivity contribution in [1.29, 1.82) is 0 Å². The lowest BCUT2D eigenvalue weighted by Crippen LogP contribution is -2.25. The molecule has 0 bridgehead atoms. The van der Waals surface area contributed by atoms with Gasteiger partial charge in [0.25, 0.3) is 15.9 Å². The monoisotopic (exact) mass is 406 g/mol. The number of carbonyl (C=O) groups excluding carboxylic acids is 1. The summed E-state index contributed by atoms with van der Waals surface area (Å²) in [6, 6.07) is 11.0. The van der Waals surface area contributed by atoms with Crippen LogP contribution in [0.4, 0.5) is 5.69 Å². The fraction of sp³-hybridized carbons (Fsp3) is 0.350. The van der Waals surface area contributed by atoms with Crippen molar-refractivity contribution in [2.24, 2.45) is 0 Å². The molecule has 8 heteroatoms. The van der Waals surface area contributed by atoms with E-state index < -0.39 is 10.0 Å². The van der Waals surface area contributed by atoms with Gasteiger partial charge in [-0.15, -0.1) is 0 Å². The van der Waals surface area contributed by atoms with Crippen molar-refractivity contribution < 1.29 is 22.7 Å². The number of hydrogen-bond donors (Lipinski definition) is 2. The fourth-order valence-corrected chi connectivity index (χ4v) is 3.58. The normalized spacial score (nSPS) is 11.1. The maximum atomic E-state index is 12.6. The Morgan fingerprint density at radius 1 is 1.11 bits per heavy atom. The van der Waals surface area contributed by atoms with Crippen LogP contribution in [-0.2, 0) is 14.8 Å². The lowest BCUT2D eigenvalue weighted by Gasteiger charge is -2.13. The van der Waals surface area contributed by atoms with Crippen molar-refractivity contribution >= 4 is 21.6 Å². The van der Waals surface area contributed by atoms with E-state index in [1.807, 2.05) is 6.92 Å². The fourth-order valence-electron chi connectivity index (χ4n) is 2.45. The molecule has 0 heterocycles. The Labute approximate surface area is 166 Å². The molecule has 0 aliphatic carbocycles. The second-order valence-electron chi connectivity index (χ2n) is 6.12. The second kappa shape index (κ2) is 10.1. The Morgan fingerprint density at radius 3 is 2.46 bits per heavy atom. The van der Waals surface area contributed by atoms with Crippen molar-refractivity contribution in [2.75, 3.05) is 31.6 Å². The van der Waals surface area contributed by atoms with E-state index in [0.29, 0.717) is 48.7 Å². The maximum Gasteiger partial charge on any atom is 0.261 e. The summed E-state index contributed by atoms with van der Waals surface area (Å²) in [5.74, 6) is 0.305. The van der Waals surface area contributed by atoms with Crippen LogP contribution in [-0.4, -0.2) is 41.2 Å². The minimum atomic E-state index is -3.78. The summed E-state index contributed by atoms with van der Waals surface area (Å²) in [6.45, 7) is 5.40. The summed E-state index contributed by atoms with van der Waals surface area (Å²) in [6.07, 6.45) is 0.711. The van der Waals surface area contributed by atoms with Gasteiger partial charge in [0, 0.05) is 25.3 Å². The zero-order chi connectivity index (χ0) is 20.6. The van der Waals surface area contributed by atoms with Gasteiger partial charge in [0.15, 0.2) is 0 Å². The van der Waals surface area contributed by atoms with Crippen LogP contribution in [0.15, 0.2) is 47.4 Å². The standard InChI is InChI=1S/C20H26N2O5S/c1-4-27-13-5-12-21-20(23)16-7-6-15(2)19(14-16)22-28(24,25)18-10-8-17(26-3)9-11-18/h6-11,14,22H,4-5,12-13H2,1-3H3,(H,21,23). The molecule has 0 aliphatic rings. The van der Waals surface area contributed by atoms with Crippen LogP contribution in [0.2, 0.25) is 0 Å². The van der Waals surface area contributed by atoms with Crippen LogP contribution >= 0.6 is 0 Å². The minimum absolute atomic E-state index is 0.110. The number of anilines is 1. The van der Waals surface area contributed by atoms with Gasteiger partial charge in [0.1, 0.15) is 5.75 Å². The molecule has 2 N–H and O–H groups in total. The number of aryl methyl sites for hydroxylation is 1. The molecule has 0 atom stereocenters. The highest BCUT2D eigenvalue weighted by molar-refractivity contribution is 7.92. The second-order valence-corrected chi connectivity index (χ2v) is 7.80. The first-order valence-electron chi connectivity index (χ1n) is 9.01. The number of rotatable bonds is 10. The van der Waals surface area contributed by atoms with E-state index in [2.05, 4.69) is 10.0 Å². The molecule has 0 aliphatic heterocycles. The predicted molar refractivity (Wildman–Crippen MR) is 108 cm³/mol. The predicted octanol–water partition coefficient (Wildman–Crippen LogP) is 2.96. The van der Waals surface area contributed by atoms with Gasteiger partial charge in [-0.3, -0.25) is 9.52 Å². The Bertz CT molecular complexity index is 895. The molecule has 0 saturated carbocycles. The van der Waals surface area contributed by atoms with Crippen LogP contribution < -0.4 is 14.8 Å². The summed E-state index contributed by atoms with van der Waals surface area (Å²) in [4.78, 5) is 12.4. The van der Waals surface area contributed by atoms with E-state index in [-0.39, 0.29) is 10.8 Å². The van der Waals surface area contributed by atoms with Crippen molar-refractivity contribution in [3.63, 3.8) is 0 Å². The molecule has 0 saturated heterocycles. The lowest BCUT2D eigenvalue weighted by molar-refractivity contribution is 0.0944. The first-order chi connectivity index (χ1) is 13.4. The molecule has 152 valence electrons. The molecule has 0 fully saturated rings. The average Bonchev–Trinajstić information content (AvgIpc) is 2.69. The minimum Gasteiger partial charge on any atom is -0.497 e. The van der Waals surface area contributed by atoms with Gasteiger partial charge in [-0.2, -0.15) is 0 Å². The lowest BCUT2D eigenvalue weighted by atomic mass is 10.1. The number of carbonyl (C=O) groups is 1. The van der Waals surface area contributed by atoms with E-state index in [4.69, 9.17) is 9.47 Å². The van der Waals surface area contributed by atoms with Gasteiger partial charge in [0.05, 0.1) is 17.7 Å². The SMILES string of the molecule is CCOCCCNC(=O)c1ccc(C)c(NS(=O)(=O)c2ccc(OC)cc2)c1. The smallest absolute Gasteiger partial charge is 0.261 e. The van der Waals surface area contributed by atoms with Crippen LogP contribution in [0, 0.1) is 6.92 Å². The summed E-state index contributed by atoms with van der Waals surface area (Å²) in [7, 11) is -2.27. The summed E-state index contributed by atoms with van der Waals surface area (Å²) in [5, 5.41) is 2.80. The first kappa shape index (κ1) is 21.7. The van der Waals surface area contributed by atoms with Crippen LogP contribution in [0.5, 0.6) is 5.75 Å². The van der Waals surface area contributed by atoms with Crippen LogP contribution in [0.1, 0.15) is 29.3 Å². The largest absolute Gasteiger partial charge is 0.497 e. The van der Waals surface area contributed by atoms with Crippen molar-refractivity contribution in [3.05, 3.63) is 53.6 Å². The molecule has 0 radical (unpaired) electrons. The first-order valence-corrected chi connectivity index (χ1v) is 10.5. The number of ether oxygens (including phenoxy) is 2. The van der Waals surface area contributed by atoms with Gasteiger partial charge in [-0.25, -0.2) is 8.42 Å². The number of benzene rings is 2. The molecule has 2 aromatic rings. The third-order valence-corrected chi connectivity index (χ3v) is 5.45. The Balaban J connectivity index is 2.10. The number of methoxy groups -OCH3 is 1. The maximum absolute atomic E-state index is 12.6. The molecule has 0 spiro atoms. The van der Waals surface area contributed by atoms with E-state index in [1.165, 1.54) is 25.3 Å². The van der Waals surface area contributed by atoms with Crippen LogP contribution in [0.25, 0.3) is 0 Å². The van der Waals surface area contributed by atoms with Crippen LogP contribution in [0.3, 0.4) is 0 Å². The zero-order valence-electron chi connectivity index (χ0n) is 16.3. The third kappa shape index (κ3) is 5.97. The number of sulfonamides is 1. The highest BCUT2D eigenvalue weighted by Crippen LogP contribution is 2.22. The van der Waals surface area contributed by atoms with Crippen molar-refractivity contribution in [1.82, 2.24) is 5.32 Å². The zero-order valence-corrected chi connectivity index (χ0v) is 17.1. The highest BCUT2D eigenvalue weighted by atomic mass is 32.2. The van der Waals surface area contributed by atoms with E-state index in [9.17, 15) is 13.2 Å². The quantitative estimate of drug-likeness (QED) is 0.592.